The Bertz CT molecular complexity index is 1090. The lowest BCUT2D eigenvalue weighted by molar-refractivity contribution is 0.0528. The van der Waals surface area contributed by atoms with E-state index < -0.39 is 17.8 Å². The van der Waals surface area contributed by atoms with E-state index in [2.05, 4.69) is 5.32 Å². The number of amides is 1. The van der Waals surface area contributed by atoms with E-state index in [0.717, 1.165) is 11.3 Å². The van der Waals surface area contributed by atoms with E-state index in [0.29, 0.717) is 21.7 Å². The van der Waals surface area contributed by atoms with Crippen LogP contribution in [0.25, 0.3) is 11.1 Å². The molecular weight excluding hydrogens is 438 g/mol. The maximum Gasteiger partial charge on any atom is 0.349 e. The van der Waals surface area contributed by atoms with E-state index >= 15 is 0 Å². The van der Waals surface area contributed by atoms with Crippen molar-refractivity contribution in [1.82, 2.24) is 0 Å². The molecule has 0 radical (unpaired) electrons. The molecule has 0 saturated heterocycles. The van der Waals surface area contributed by atoms with Gasteiger partial charge in [0.1, 0.15) is 15.4 Å². The maximum absolute atomic E-state index is 12.9. The van der Waals surface area contributed by atoms with Crippen LogP contribution < -0.4 is 5.32 Å². The van der Waals surface area contributed by atoms with Gasteiger partial charge in [0, 0.05) is 16.1 Å². The Morgan fingerprint density at radius 2 is 1.52 bits per heavy atom. The van der Waals surface area contributed by atoms with Crippen molar-refractivity contribution >= 4 is 45.8 Å². The summed E-state index contributed by atoms with van der Waals surface area (Å²) in [4.78, 5) is 38.6. The number of carbonyl (C=O) groups is 3. The second-order valence-electron chi connectivity index (χ2n) is 6.28. The number of benzene rings is 2. The van der Waals surface area contributed by atoms with Crippen LogP contribution in [0, 0.1) is 0 Å². The third-order valence-corrected chi connectivity index (χ3v) is 5.58. The number of halogens is 1. The molecule has 160 valence electrons. The molecule has 0 aliphatic heterocycles. The largest absolute Gasteiger partial charge is 0.462 e. The van der Waals surface area contributed by atoms with Crippen molar-refractivity contribution in [3.05, 3.63) is 75.6 Å². The van der Waals surface area contributed by atoms with Gasteiger partial charge in [0.15, 0.2) is 0 Å². The SMILES string of the molecule is CCOC(=O)c1sc(NC(=O)c2ccc(Cl)cc2)c(C(=O)OCC)c1-c1ccccc1. The van der Waals surface area contributed by atoms with Crippen molar-refractivity contribution in [2.24, 2.45) is 0 Å². The first kappa shape index (κ1) is 22.5. The molecule has 1 heterocycles. The van der Waals surface area contributed by atoms with Gasteiger partial charge in [-0.2, -0.15) is 0 Å². The summed E-state index contributed by atoms with van der Waals surface area (Å²) in [6, 6.07) is 15.3. The standard InChI is InChI=1S/C23H20ClNO5S/c1-3-29-22(27)18-17(14-8-6-5-7-9-14)19(23(28)30-4-2)31-21(18)25-20(26)15-10-12-16(24)13-11-15/h5-13H,3-4H2,1-2H3,(H,25,26). The van der Waals surface area contributed by atoms with E-state index in [1.54, 1.807) is 62.4 Å². The van der Waals surface area contributed by atoms with Gasteiger partial charge in [0.25, 0.3) is 5.91 Å². The lowest BCUT2D eigenvalue weighted by atomic mass is 10.0. The van der Waals surface area contributed by atoms with E-state index in [-0.39, 0.29) is 28.7 Å². The first-order valence-electron chi connectivity index (χ1n) is 9.59. The smallest absolute Gasteiger partial charge is 0.349 e. The molecule has 3 rings (SSSR count). The molecule has 0 spiro atoms. The fourth-order valence-electron chi connectivity index (χ4n) is 2.91. The molecule has 8 heteroatoms. The average molecular weight is 458 g/mol. The highest BCUT2D eigenvalue weighted by atomic mass is 35.5. The fourth-order valence-corrected chi connectivity index (χ4v) is 4.14. The molecule has 2 aromatic carbocycles. The lowest BCUT2D eigenvalue weighted by Gasteiger charge is -2.09. The number of hydrogen-bond acceptors (Lipinski definition) is 6. The minimum absolute atomic E-state index is 0.114. The van der Waals surface area contributed by atoms with Crippen molar-refractivity contribution in [1.29, 1.82) is 0 Å². The fraction of sp³-hybridized carbons (Fsp3) is 0.174. The van der Waals surface area contributed by atoms with Crippen molar-refractivity contribution in [2.45, 2.75) is 13.8 Å². The van der Waals surface area contributed by atoms with Crippen LogP contribution >= 0.6 is 22.9 Å². The minimum atomic E-state index is -0.639. The Labute approximate surface area is 188 Å². The summed E-state index contributed by atoms with van der Waals surface area (Å²) in [6.07, 6.45) is 0. The summed E-state index contributed by atoms with van der Waals surface area (Å²) in [6.45, 7) is 3.70. The molecule has 31 heavy (non-hydrogen) atoms. The van der Waals surface area contributed by atoms with E-state index in [1.165, 1.54) is 0 Å². The first-order chi connectivity index (χ1) is 15.0. The van der Waals surface area contributed by atoms with Crippen molar-refractivity contribution in [3.8, 4) is 11.1 Å². The highest BCUT2D eigenvalue weighted by Gasteiger charge is 2.30. The molecule has 0 saturated carbocycles. The average Bonchev–Trinajstić information content (AvgIpc) is 3.14. The highest BCUT2D eigenvalue weighted by Crippen LogP contribution is 2.41. The zero-order valence-electron chi connectivity index (χ0n) is 16.9. The number of hydrogen-bond donors (Lipinski definition) is 1. The second-order valence-corrected chi connectivity index (χ2v) is 7.74. The normalized spacial score (nSPS) is 10.4. The molecule has 1 N–H and O–H groups in total. The summed E-state index contributed by atoms with van der Waals surface area (Å²) < 4.78 is 10.4. The van der Waals surface area contributed by atoms with E-state index in [4.69, 9.17) is 21.1 Å². The van der Waals surface area contributed by atoms with Crippen LogP contribution in [0.2, 0.25) is 5.02 Å². The predicted octanol–water partition coefficient (Wildman–Crippen LogP) is 5.67. The zero-order valence-corrected chi connectivity index (χ0v) is 18.5. The van der Waals surface area contributed by atoms with Gasteiger partial charge in [-0.15, -0.1) is 11.3 Å². The van der Waals surface area contributed by atoms with Crippen LogP contribution in [-0.2, 0) is 9.47 Å². The van der Waals surface area contributed by atoms with Crippen molar-refractivity contribution in [3.63, 3.8) is 0 Å². The summed E-state index contributed by atoms with van der Waals surface area (Å²) in [5.74, 6) is -1.66. The maximum atomic E-state index is 12.9. The Hall–Kier alpha value is -3.16. The van der Waals surface area contributed by atoms with Gasteiger partial charge in [-0.05, 0) is 43.7 Å². The van der Waals surface area contributed by atoms with Crippen molar-refractivity contribution < 1.29 is 23.9 Å². The predicted molar refractivity (Wildman–Crippen MR) is 121 cm³/mol. The number of carbonyl (C=O) groups excluding carboxylic acids is 3. The molecule has 0 atom stereocenters. The molecular formula is C23H20ClNO5S. The molecule has 1 amide bonds. The number of esters is 2. The molecule has 0 aliphatic carbocycles. The minimum Gasteiger partial charge on any atom is -0.462 e. The third-order valence-electron chi connectivity index (χ3n) is 4.24. The summed E-state index contributed by atoms with van der Waals surface area (Å²) in [7, 11) is 0. The summed E-state index contributed by atoms with van der Waals surface area (Å²) >= 11 is 6.87. The van der Waals surface area contributed by atoms with Gasteiger partial charge in [0.05, 0.1) is 13.2 Å². The second kappa shape index (κ2) is 10.2. The van der Waals surface area contributed by atoms with Gasteiger partial charge in [-0.1, -0.05) is 41.9 Å². The van der Waals surface area contributed by atoms with Crippen LogP contribution in [-0.4, -0.2) is 31.1 Å². The third kappa shape index (κ3) is 5.13. The summed E-state index contributed by atoms with van der Waals surface area (Å²) in [5, 5.41) is 3.45. The Morgan fingerprint density at radius 1 is 0.903 bits per heavy atom. The monoisotopic (exact) mass is 457 g/mol. The van der Waals surface area contributed by atoms with Crippen molar-refractivity contribution in [2.75, 3.05) is 18.5 Å². The molecule has 0 aliphatic rings. The van der Waals surface area contributed by atoms with Crippen LogP contribution in [0.15, 0.2) is 54.6 Å². The van der Waals surface area contributed by atoms with Gasteiger partial charge < -0.3 is 14.8 Å². The van der Waals surface area contributed by atoms with Crippen LogP contribution in [0.5, 0.6) is 0 Å². The number of nitrogens with one attached hydrogen (secondary N) is 1. The molecule has 0 fully saturated rings. The quantitative estimate of drug-likeness (QED) is 0.462. The number of rotatable bonds is 7. The van der Waals surface area contributed by atoms with E-state index in [1.807, 2.05) is 6.07 Å². The van der Waals surface area contributed by atoms with Gasteiger partial charge in [0.2, 0.25) is 0 Å². The molecule has 6 nitrogen and oxygen atoms in total. The molecule has 1 aromatic heterocycles. The van der Waals surface area contributed by atoms with Crippen LogP contribution in [0.1, 0.15) is 44.2 Å². The Kier molecular flexibility index (Phi) is 7.44. The topological polar surface area (TPSA) is 81.7 Å². The number of anilines is 1. The first-order valence-corrected chi connectivity index (χ1v) is 10.8. The van der Waals surface area contributed by atoms with Gasteiger partial charge >= 0.3 is 11.9 Å². The zero-order chi connectivity index (χ0) is 22.4. The molecule has 0 unspecified atom stereocenters. The lowest BCUT2D eigenvalue weighted by Crippen LogP contribution is -2.14. The number of thiophene rings is 1. The summed E-state index contributed by atoms with van der Waals surface area (Å²) in [5.41, 5.74) is 1.47. The van der Waals surface area contributed by atoms with Crippen LogP contribution in [0.3, 0.4) is 0 Å². The van der Waals surface area contributed by atoms with E-state index in [9.17, 15) is 14.4 Å². The van der Waals surface area contributed by atoms with Gasteiger partial charge in [-0.25, -0.2) is 9.59 Å². The molecule has 0 bridgehead atoms. The Morgan fingerprint density at radius 3 is 2.13 bits per heavy atom. The highest BCUT2D eigenvalue weighted by molar-refractivity contribution is 7.19. The Balaban J connectivity index is 2.15. The van der Waals surface area contributed by atoms with Crippen LogP contribution in [0.4, 0.5) is 5.00 Å². The number of ether oxygens (including phenoxy) is 2. The molecule has 3 aromatic rings. The van der Waals surface area contributed by atoms with Gasteiger partial charge in [-0.3, -0.25) is 4.79 Å².